The molecule has 4 nitrogen and oxygen atoms in total. The summed E-state index contributed by atoms with van der Waals surface area (Å²) in [5.41, 5.74) is 3.22. The molecule has 0 heterocycles. The minimum Gasteiger partial charge on any atom is -0.449 e. The summed E-state index contributed by atoms with van der Waals surface area (Å²) in [6.07, 6.45) is 0.387. The van der Waals surface area contributed by atoms with Gasteiger partial charge in [0.15, 0.2) is 0 Å². The van der Waals surface area contributed by atoms with Crippen molar-refractivity contribution in [2.75, 3.05) is 6.61 Å². The van der Waals surface area contributed by atoms with E-state index in [4.69, 9.17) is 0 Å². The number of rotatable bonds is 4. The number of nitrogens with one attached hydrogen (secondary N) is 1. The van der Waals surface area contributed by atoms with Crippen molar-refractivity contribution in [3.63, 3.8) is 0 Å². The van der Waals surface area contributed by atoms with Crippen LogP contribution in [0.2, 0.25) is 0 Å². The third kappa shape index (κ3) is 7.31. The van der Waals surface area contributed by atoms with E-state index in [9.17, 15) is 4.79 Å². The first-order valence-electron chi connectivity index (χ1n) is 4.52. The molecule has 0 radical (unpaired) electrons. The summed E-state index contributed by atoms with van der Waals surface area (Å²) >= 11 is 0. The lowest BCUT2D eigenvalue weighted by molar-refractivity contribution is 0.152. The highest BCUT2D eigenvalue weighted by atomic mass is 16.5. The maximum Gasteiger partial charge on any atom is 0.427 e. The first-order valence-corrected chi connectivity index (χ1v) is 4.52. The van der Waals surface area contributed by atoms with Gasteiger partial charge in [-0.05, 0) is 26.2 Å². The number of carbonyl (C=O) groups excluding carboxylic acids is 1. The van der Waals surface area contributed by atoms with Gasteiger partial charge in [-0.25, -0.2) is 10.2 Å². The fourth-order valence-corrected chi connectivity index (χ4v) is 0.941. The first-order chi connectivity index (χ1) is 6.06. The van der Waals surface area contributed by atoms with Crippen LogP contribution in [-0.4, -0.2) is 18.4 Å². The van der Waals surface area contributed by atoms with Gasteiger partial charge in [0.25, 0.3) is 0 Å². The standard InChI is InChI=1S/C9H18N2O2/c1-5-13-9(12)11-10-8(4)6-7(2)3/h7H,5-6H2,1-4H3,(H,11,12). The molecule has 0 fully saturated rings. The van der Waals surface area contributed by atoms with Crippen molar-refractivity contribution in [2.45, 2.75) is 34.1 Å². The van der Waals surface area contributed by atoms with Gasteiger partial charge in [-0.2, -0.15) is 5.10 Å². The zero-order valence-corrected chi connectivity index (χ0v) is 8.76. The minimum atomic E-state index is -0.495. The molecule has 0 unspecified atom stereocenters. The SMILES string of the molecule is CCOC(=O)NN=C(C)CC(C)C. The second kappa shape index (κ2) is 6.46. The van der Waals surface area contributed by atoms with Crippen LogP contribution in [0.1, 0.15) is 34.1 Å². The Balaban J connectivity index is 3.75. The van der Waals surface area contributed by atoms with Gasteiger partial charge in [-0.3, -0.25) is 0 Å². The molecular weight excluding hydrogens is 168 g/mol. The van der Waals surface area contributed by atoms with Gasteiger partial charge < -0.3 is 4.74 Å². The van der Waals surface area contributed by atoms with Crippen molar-refractivity contribution in [3.05, 3.63) is 0 Å². The molecule has 0 aliphatic carbocycles. The number of hydrogen-bond donors (Lipinski definition) is 1. The second-order valence-electron chi connectivity index (χ2n) is 3.28. The predicted octanol–water partition coefficient (Wildman–Crippen LogP) is 2.15. The maximum absolute atomic E-state index is 10.8. The Kier molecular flexibility index (Phi) is 5.93. The zero-order chi connectivity index (χ0) is 10.3. The molecule has 13 heavy (non-hydrogen) atoms. The van der Waals surface area contributed by atoms with Crippen LogP contribution in [0, 0.1) is 5.92 Å². The molecule has 4 heteroatoms. The fourth-order valence-electron chi connectivity index (χ4n) is 0.941. The van der Waals surface area contributed by atoms with Gasteiger partial charge in [0.1, 0.15) is 0 Å². The van der Waals surface area contributed by atoms with E-state index in [1.165, 1.54) is 0 Å². The Morgan fingerprint density at radius 1 is 1.54 bits per heavy atom. The van der Waals surface area contributed by atoms with E-state index in [-0.39, 0.29) is 0 Å². The third-order valence-corrected chi connectivity index (χ3v) is 1.32. The highest BCUT2D eigenvalue weighted by molar-refractivity contribution is 5.83. The van der Waals surface area contributed by atoms with E-state index >= 15 is 0 Å². The van der Waals surface area contributed by atoms with Crippen LogP contribution in [0.4, 0.5) is 4.79 Å². The Labute approximate surface area is 79.3 Å². The highest BCUT2D eigenvalue weighted by Crippen LogP contribution is 2.00. The van der Waals surface area contributed by atoms with E-state index < -0.39 is 6.09 Å². The number of carbonyl (C=O) groups is 1. The van der Waals surface area contributed by atoms with Crippen LogP contribution < -0.4 is 5.43 Å². The zero-order valence-electron chi connectivity index (χ0n) is 8.76. The average Bonchev–Trinajstić information content (AvgIpc) is 2.00. The Bertz CT molecular complexity index is 188. The van der Waals surface area contributed by atoms with E-state index in [1.54, 1.807) is 6.92 Å². The molecule has 0 rings (SSSR count). The van der Waals surface area contributed by atoms with Crippen LogP contribution in [0.25, 0.3) is 0 Å². The third-order valence-electron chi connectivity index (χ3n) is 1.32. The lowest BCUT2D eigenvalue weighted by Crippen LogP contribution is -2.20. The first kappa shape index (κ1) is 11.9. The molecule has 0 saturated carbocycles. The molecule has 0 aromatic heterocycles. The van der Waals surface area contributed by atoms with Crippen molar-refractivity contribution >= 4 is 11.8 Å². The van der Waals surface area contributed by atoms with Crippen molar-refractivity contribution in [3.8, 4) is 0 Å². The van der Waals surface area contributed by atoms with E-state index in [0.29, 0.717) is 12.5 Å². The Morgan fingerprint density at radius 2 is 2.15 bits per heavy atom. The minimum absolute atomic E-state index is 0.366. The van der Waals surface area contributed by atoms with Crippen LogP contribution in [0.3, 0.4) is 0 Å². The largest absolute Gasteiger partial charge is 0.449 e. The summed E-state index contributed by atoms with van der Waals surface area (Å²) in [7, 11) is 0. The maximum atomic E-state index is 10.8. The van der Waals surface area contributed by atoms with E-state index in [0.717, 1.165) is 12.1 Å². The second-order valence-corrected chi connectivity index (χ2v) is 3.28. The number of hydrogen-bond acceptors (Lipinski definition) is 3. The lowest BCUT2D eigenvalue weighted by atomic mass is 10.1. The van der Waals surface area contributed by atoms with Crippen molar-refractivity contribution < 1.29 is 9.53 Å². The number of nitrogens with zero attached hydrogens (tertiary/aromatic N) is 1. The fraction of sp³-hybridized carbons (Fsp3) is 0.778. The summed E-state index contributed by atoms with van der Waals surface area (Å²) in [5.74, 6) is 0.549. The Morgan fingerprint density at radius 3 is 2.62 bits per heavy atom. The molecule has 0 bridgehead atoms. The summed E-state index contributed by atoms with van der Waals surface area (Å²) in [6, 6.07) is 0. The van der Waals surface area contributed by atoms with Crippen LogP contribution in [0.5, 0.6) is 0 Å². The number of ether oxygens (including phenoxy) is 1. The highest BCUT2D eigenvalue weighted by Gasteiger charge is 1.99. The van der Waals surface area contributed by atoms with Crippen molar-refractivity contribution in [1.82, 2.24) is 5.43 Å². The van der Waals surface area contributed by atoms with Gasteiger partial charge in [-0.1, -0.05) is 13.8 Å². The van der Waals surface area contributed by atoms with Crippen LogP contribution in [0.15, 0.2) is 5.10 Å². The smallest absolute Gasteiger partial charge is 0.427 e. The van der Waals surface area contributed by atoms with Gasteiger partial charge in [-0.15, -0.1) is 0 Å². The molecule has 0 aromatic carbocycles. The average molecular weight is 186 g/mol. The molecule has 0 atom stereocenters. The van der Waals surface area contributed by atoms with E-state index in [1.807, 2.05) is 6.92 Å². The topological polar surface area (TPSA) is 50.7 Å². The quantitative estimate of drug-likeness (QED) is 0.540. The summed E-state index contributed by atoms with van der Waals surface area (Å²) in [6.45, 7) is 8.20. The molecule has 1 amide bonds. The number of amides is 1. The molecule has 0 aliphatic heterocycles. The van der Waals surface area contributed by atoms with Crippen LogP contribution in [-0.2, 0) is 4.74 Å². The molecule has 1 N–H and O–H groups in total. The van der Waals surface area contributed by atoms with Gasteiger partial charge in [0.05, 0.1) is 6.61 Å². The molecule has 0 spiro atoms. The molecule has 0 aliphatic rings. The Hall–Kier alpha value is -1.06. The summed E-state index contributed by atoms with van der Waals surface area (Å²) in [5, 5.41) is 3.87. The lowest BCUT2D eigenvalue weighted by Gasteiger charge is -2.04. The normalized spacial score (nSPS) is 11.6. The molecular formula is C9H18N2O2. The number of hydrazone groups is 1. The van der Waals surface area contributed by atoms with Gasteiger partial charge in [0, 0.05) is 5.71 Å². The summed E-state index contributed by atoms with van der Waals surface area (Å²) < 4.78 is 4.64. The summed E-state index contributed by atoms with van der Waals surface area (Å²) in [4.78, 5) is 10.8. The van der Waals surface area contributed by atoms with Crippen molar-refractivity contribution in [1.29, 1.82) is 0 Å². The monoisotopic (exact) mass is 186 g/mol. The van der Waals surface area contributed by atoms with Crippen molar-refractivity contribution in [2.24, 2.45) is 11.0 Å². The van der Waals surface area contributed by atoms with Gasteiger partial charge >= 0.3 is 6.09 Å². The molecule has 76 valence electrons. The molecule has 0 saturated heterocycles. The van der Waals surface area contributed by atoms with Crippen LogP contribution >= 0.6 is 0 Å². The predicted molar refractivity (Wildman–Crippen MR) is 52.7 cm³/mol. The van der Waals surface area contributed by atoms with E-state index in [2.05, 4.69) is 29.1 Å². The van der Waals surface area contributed by atoms with Gasteiger partial charge in [0.2, 0.25) is 0 Å². The molecule has 0 aromatic rings.